The zero-order chi connectivity index (χ0) is 27.3. The van der Waals surface area contributed by atoms with E-state index in [9.17, 15) is 4.79 Å². The summed E-state index contributed by atoms with van der Waals surface area (Å²) >= 11 is 0. The Labute approximate surface area is 233 Å². The monoisotopic (exact) mass is 529 g/mol. The van der Waals surface area contributed by atoms with Crippen LogP contribution in [0.15, 0.2) is 114 Å². The lowest BCUT2D eigenvalue weighted by Gasteiger charge is -2.35. The molecule has 3 aromatic carbocycles. The third-order valence-electron chi connectivity index (χ3n) is 7.29. The summed E-state index contributed by atoms with van der Waals surface area (Å²) in [7, 11) is 1.78. The molecular formula is C33H31N5O2. The topological polar surface area (TPSA) is 72.3 Å². The van der Waals surface area contributed by atoms with Gasteiger partial charge in [-0.05, 0) is 46.5 Å². The first-order chi connectivity index (χ1) is 19.6. The SMILES string of the molecule is Cn1c(N2CCN[C@@H](c3ccc(-c4ccc(OCc5ccccc5)cc4)cc3)C2)nc(-c2ccncc2)cc1=O. The molecule has 1 aliphatic rings. The Morgan fingerprint density at radius 3 is 2.30 bits per heavy atom. The highest BCUT2D eigenvalue weighted by atomic mass is 16.5. The van der Waals surface area contributed by atoms with Crippen molar-refractivity contribution in [1.29, 1.82) is 0 Å². The highest BCUT2D eigenvalue weighted by Crippen LogP contribution is 2.27. The van der Waals surface area contributed by atoms with Gasteiger partial charge in [-0.1, -0.05) is 66.7 Å². The van der Waals surface area contributed by atoms with Crippen molar-refractivity contribution in [3.05, 3.63) is 131 Å². The molecule has 0 aliphatic carbocycles. The van der Waals surface area contributed by atoms with E-state index in [0.717, 1.165) is 41.1 Å². The van der Waals surface area contributed by atoms with Crippen LogP contribution in [0.5, 0.6) is 5.75 Å². The summed E-state index contributed by atoms with van der Waals surface area (Å²) < 4.78 is 7.56. The molecule has 2 aromatic heterocycles. The number of ether oxygens (including phenoxy) is 1. The van der Waals surface area contributed by atoms with E-state index in [0.29, 0.717) is 24.8 Å². The molecule has 3 heterocycles. The molecule has 5 aromatic rings. The molecule has 0 amide bonds. The highest BCUT2D eigenvalue weighted by molar-refractivity contribution is 5.64. The van der Waals surface area contributed by atoms with Gasteiger partial charge < -0.3 is 15.0 Å². The van der Waals surface area contributed by atoms with Gasteiger partial charge in [0.2, 0.25) is 5.95 Å². The molecule has 1 atom stereocenters. The minimum atomic E-state index is -0.0762. The van der Waals surface area contributed by atoms with Crippen LogP contribution in [-0.2, 0) is 13.7 Å². The van der Waals surface area contributed by atoms with Crippen molar-refractivity contribution < 1.29 is 4.74 Å². The molecule has 1 aliphatic heterocycles. The maximum atomic E-state index is 12.8. The maximum Gasteiger partial charge on any atom is 0.255 e. The van der Waals surface area contributed by atoms with Gasteiger partial charge in [0.15, 0.2) is 0 Å². The molecular weight excluding hydrogens is 498 g/mol. The number of piperazine rings is 1. The van der Waals surface area contributed by atoms with E-state index < -0.39 is 0 Å². The molecule has 1 saturated heterocycles. The fourth-order valence-electron chi connectivity index (χ4n) is 5.03. The quantitative estimate of drug-likeness (QED) is 0.311. The molecule has 0 spiro atoms. The second-order valence-electron chi connectivity index (χ2n) is 9.95. The van der Waals surface area contributed by atoms with E-state index in [-0.39, 0.29) is 11.6 Å². The lowest BCUT2D eigenvalue weighted by atomic mass is 9.99. The predicted octanol–water partition coefficient (Wildman–Crippen LogP) is 5.24. The maximum absolute atomic E-state index is 12.8. The zero-order valence-electron chi connectivity index (χ0n) is 22.4. The standard InChI is InChI=1S/C33H31N5O2/c1-37-32(39)21-30(28-15-17-34-18-16-28)36-33(37)38-20-19-35-31(22-38)27-9-7-25(8-10-27)26-11-13-29(14-12-26)40-23-24-5-3-2-4-6-24/h2-18,21,31,35H,19-20,22-23H2,1H3/t31-/m1/s1. The van der Waals surface area contributed by atoms with E-state index in [1.165, 1.54) is 5.56 Å². The van der Waals surface area contributed by atoms with Gasteiger partial charge >= 0.3 is 0 Å². The Hall–Kier alpha value is -4.75. The van der Waals surface area contributed by atoms with E-state index >= 15 is 0 Å². The second kappa shape index (κ2) is 11.6. The van der Waals surface area contributed by atoms with Crippen molar-refractivity contribution >= 4 is 5.95 Å². The molecule has 6 rings (SSSR count). The van der Waals surface area contributed by atoms with E-state index in [1.807, 2.05) is 42.5 Å². The van der Waals surface area contributed by atoms with E-state index in [4.69, 9.17) is 9.72 Å². The van der Waals surface area contributed by atoms with Crippen molar-refractivity contribution in [2.45, 2.75) is 12.6 Å². The summed E-state index contributed by atoms with van der Waals surface area (Å²) in [4.78, 5) is 23.9. The molecule has 0 bridgehead atoms. The lowest BCUT2D eigenvalue weighted by Crippen LogP contribution is -2.47. The van der Waals surface area contributed by atoms with Crippen LogP contribution in [0.2, 0.25) is 0 Å². The number of benzene rings is 3. The molecule has 200 valence electrons. The van der Waals surface area contributed by atoms with Crippen LogP contribution < -0.4 is 20.5 Å². The number of hydrogen-bond acceptors (Lipinski definition) is 6. The Morgan fingerprint density at radius 2 is 1.57 bits per heavy atom. The van der Waals surface area contributed by atoms with Crippen LogP contribution in [0.1, 0.15) is 17.2 Å². The van der Waals surface area contributed by atoms with Gasteiger partial charge in [-0.2, -0.15) is 0 Å². The Kier molecular flexibility index (Phi) is 7.37. The summed E-state index contributed by atoms with van der Waals surface area (Å²) in [5.74, 6) is 1.53. The van der Waals surface area contributed by atoms with Crippen LogP contribution in [0, 0.1) is 0 Å². The van der Waals surface area contributed by atoms with Crippen LogP contribution in [-0.4, -0.2) is 34.2 Å². The zero-order valence-corrected chi connectivity index (χ0v) is 22.4. The normalized spacial score (nSPS) is 15.1. The van der Waals surface area contributed by atoms with Gasteiger partial charge in [0.1, 0.15) is 12.4 Å². The first kappa shape index (κ1) is 25.5. The second-order valence-corrected chi connectivity index (χ2v) is 9.95. The molecule has 1 N–H and O–H groups in total. The Balaban J connectivity index is 1.15. The minimum Gasteiger partial charge on any atom is -0.489 e. The van der Waals surface area contributed by atoms with Gasteiger partial charge in [0.05, 0.1) is 5.69 Å². The lowest BCUT2D eigenvalue weighted by molar-refractivity contribution is 0.306. The van der Waals surface area contributed by atoms with Gasteiger partial charge in [0, 0.05) is 56.7 Å². The molecule has 7 heteroatoms. The largest absolute Gasteiger partial charge is 0.489 e. The van der Waals surface area contributed by atoms with Gasteiger partial charge in [-0.25, -0.2) is 4.98 Å². The predicted molar refractivity (Wildman–Crippen MR) is 158 cm³/mol. The van der Waals surface area contributed by atoms with Crippen molar-refractivity contribution in [2.24, 2.45) is 7.05 Å². The van der Waals surface area contributed by atoms with E-state index in [1.54, 1.807) is 30.1 Å². The van der Waals surface area contributed by atoms with Crippen molar-refractivity contribution in [1.82, 2.24) is 19.9 Å². The third-order valence-corrected chi connectivity index (χ3v) is 7.29. The first-order valence-electron chi connectivity index (χ1n) is 13.5. The first-order valence-corrected chi connectivity index (χ1v) is 13.5. The molecule has 0 radical (unpaired) electrons. The average molecular weight is 530 g/mol. The fourth-order valence-corrected chi connectivity index (χ4v) is 5.03. The summed E-state index contributed by atoms with van der Waals surface area (Å²) in [6.45, 7) is 2.84. The number of nitrogens with zero attached hydrogens (tertiary/aromatic N) is 4. The number of pyridine rings is 1. The summed E-state index contributed by atoms with van der Waals surface area (Å²) in [5.41, 5.74) is 6.11. The van der Waals surface area contributed by atoms with E-state index in [2.05, 4.69) is 63.7 Å². The van der Waals surface area contributed by atoms with Crippen molar-refractivity contribution in [3.63, 3.8) is 0 Å². The molecule has 0 saturated carbocycles. The van der Waals surface area contributed by atoms with Crippen LogP contribution in [0.3, 0.4) is 0 Å². The number of aromatic nitrogens is 3. The molecule has 0 unspecified atom stereocenters. The molecule has 40 heavy (non-hydrogen) atoms. The molecule has 1 fully saturated rings. The highest BCUT2D eigenvalue weighted by Gasteiger charge is 2.24. The Bertz CT molecular complexity index is 1620. The number of rotatable bonds is 7. The number of nitrogens with one attached hydrogen (secondary N) is 1. The minimum absolute atomic E-state index is 0.0762. The smallest absolute Gasteiger partial charge is 0.255 e. The van der Waals surface area contributed by atoms with Gasteiger partial charge in [0.25, 0.3) is 5.56 Å². The number of hydrogen-bond donors (Lipinski definition) is 1. The fraction of sp³-hybridized carbons (Fsp3) is 0.182. The third kappa shape index (κ3) is 5.65. The average Bonchev–Trinajstić information content (AvgIpc) is 3.02. The van der Waals surface area contributed by atoms with Crippen LogP contribution in [0.25, 0.3) is 22.4 Å². The summed E-state index contributed by atoms with van der Waals surface area (Å²) in [6, 6.07) is 32.5. The Morgan fingerprint density at radius 1 is 0.875 bits per heavy atom. The van der Waals surface area contributed by atoms with Gasteiger partial charge in [-0.15, -0.1) is 0 Å². The van der Waals surface area contributed by atoms with Crippen molar-refractivity contribution in [3.8, 4) is 28.1 Å². The number of anilines is 1. The molecule has 7 nitrogen and oxygen atoms in total. The van der Waals surface area contributed by atoms with Gasteiger partial charge in [-0.3, -0.25) is 14.3 Å². The summed E-state index contributed by atoms with van der Waals surface area (Å²) in [5, 5.41) is 3.63. The van der Waals surface area contributed by atoms with Crippen LogP contribution in [0.4, 0.5) is 5.95 Å². The van der Waals surface area contributed by atoms with Crippen LogP contribution >= 0.6 is 0 Å². The van der Waals surface area contributed by atoms with Crippen molar-refractivity contribution in [2.75, 3.05) is 24.5 Å². The summed E-state index contributed by atoms with van der Waals surface area (Å²) in [6.07, 6.45) is 3.43.